The molecule has 0 fully saturated rings. The van der Waals surface area contributed by atoms with Crippen LogP contribution in [0.4, 0.5) is 23.2 Å². The summed E-state index contributed by atoms with van der Waals surface area (Å²) in [6.07, 6.45) is 0. The molecule has 0 spiro atoms. The molecule has 0 bridgehead atoms. The molecule has 0 aromatic heterocycles. The van der Waals surface area contributed by atoms with Crippen molar-refractivity contribution in [2.24, 2.45) is 0 Å². The highest BCUT2D eigenvalue weighted by Gasteiger charge is 2.18. The van der Waals surface area contributed by atoms with Gasteiger partial charge in [-0.3, -0.25) is 9.69 Å². The first-order valence-electron chi connectivity index (χ1n) is 8.34. The van der Waals surface area contributed by atoms with Crippen molar-refractivity contribution in [3.8, 4) is 11.5 Å². The Balaban J connectivity index is 1.89. The van der Waals surface area contributed by atoms with Gasteiger partial charge in [-0.2, -0.15) is 17.6 Å². The number of anilines is 1. The Morgan fingerprint density at radius 3 is 1.86 bits per heavy atom. The fourth-order valence-corrected chi connectivity index (χ4v) is 2.37. The van der Waals surface area contributed by atoms with Crippen molar-refractivity contribution in [2.75, 3.05) is 12.4 Å². The fraction of sp³-hybridized carbons (Fsp3) is 0.316. The third-order valence-electron chi connectivity index (χ3n) is 3.97. The number of hydrogen-bond donors (Lipinski definition) is 1. The van der Waals surface area contributed by atoms with Gasteiger partial charge in [0.15, 0.2) is 0 Å². The van der Waals surface area contributed by atoms with E-state index in [-0.39, 0.29) is 17.4 Å². The first kappa shape index (κ1) is 21.5. The average Bonchev–Trinajstić information content (AvgIpc) is 2.63. The molecule has 0 aliphatic carbocycles. The third kappa shape index (κ3) is 6.73. The number of likely N-dealkylation sites (N-methyl/N-ethyl adjacent to an activating group) is 1. The van der Waals surface area contributed by atoms with E-state index in [0.717, 1.165) is 5.56 Å². The summed E-state index contributed by atoms with van der Waals surface area (Å²) in [7, 11) is 1.74. The van der Waals surface area contributed by atoms with Gasteiger partial charge in [-0.25, -0.2) is 0 Å². The van der Waals surface area contributed by atoms with Gasteiger partial charge < -0.3 is 14.8 Å². The van der Waals surface area contributed by atoms with E-state index in [9.17, 15) is 22.4 Å². The lowest BCUT2D eigenvalue weighted by Crippen LogP contribution is -2.39. The molecule has 2 aromatic carbocycles. The van der Waals surface area contributed by atoms with Crippen molar-refractivity contribution in [2.45, 2.75) is 32.7 Å². The van der Waals surface area contributed by atoms with Crippen LogP contribution in [0.25, 0.3) is 0 Å². The minimum atomic E-state index is -2.91. The van der Waals surface area contributed by atoms with Crippen LogP contribution in [0.1, 0.15) is 12.5 Å². The highest BCUT2D eigenvalue weighted by molar-refractivity contribution is 5.94. The van der Waals surface area contributed by atoms with E-state index in [4.69, 9.17) is 0 Å². The summed E-state index contributed by atoms with van der Waals surface area (Å²) < 4.78 is 57.2. The predicted octanol–water partition coefficient (Wildman–Crippen LogP) is 4.35. The summed E-state index contributed by atoms with van der Waals surface area (Å²) in [5.74, 6) is -0.230. The summed E-state index contributed by atoms with van der Waals surface area (Å²) >= 11 is 0. The number of benzene rings is 2. The van der Waals surface area contributed by atoms with Crippen molar-refractivity contribution < 1.29 is 31.8 Å². The standard InChI is InChI=1S/C19H20F4N2O3/c1-12(17(26)24-14-5-9-16(10-6-14)28-19(22)23)25(2)11-13-3-7-15(8-4-13)27-18(20)21/h3-10,12,18-19H,11H2,1-2H3,(H,24,26)/t12-/m1/s1. The van der Waals surface area contributed by atoms with Gasteiger partial charge in [-0.15, -0.1) is 0 Å². The molecule has 0 aliphatic heterocycles. The van der Waals surface area contributed by atoms with Crippen LogP contribution in [0, 0.1) is 0 Å². The average molecular weight is 400 g/mol. The number of amides is 1. The predicted molar refractivity (Wildman–Crippen MR) is 95.7 cm³/mol. The topological polar surface area (TPSA) is 50.8 Å². The molecule has 1 N–H and O–H groups in total. The first-order chi connectivity index (χ1) is 13.2. The zero-order valence-corrected chi connectivity index (χ0v) is 15.2. The number of halogens is 4. The lowest BCUT2D eigenvalue weighted by Gasteiger charge is -2.24. The third-order valence-corrected chi connectivity index (χ3v) is 3.97. The molecule has 0 heterocycles. The minimum Gasteiger partial charge on any atom is -0.435 e. The van der Waals surface area contributed by atoms with Crippen LogP contribution in [0.15, 0.2) is 48.5 Å². The van der Waals surface area contributed by atoms with Gasteiger partial charge in [0.1, 0.15) is 11.5 Å². The van der Waals surface area contributed by atoms with Gasteiger partial charge in [0.25, 0.3) is 0 Å². The number of nitrogens with one attached hydrogen (secondary N) is 1. The van der Waals surface area contributed by atoms with E-state index in [1.165, 1.54) is 36.4 Å². The van der Waals surface area contributed by atoms with Gasteiger partial charge in [-0.05, 0) is 55.9 Å². The van der Waals surface area contributed by atoms with Crippen LogP contribution >= 0.6 is 0 Å². The van der Waals surface area contributed by atoms with E-state index in [0.29, 0.717) is 12.2 Å². The highest BCUT2D eigenvalue weighted by atomic mass is 19.3. The van der Waals surface area contributed by atoms with Crippen LogP contribution in [0.3, 0.4) is 0 Å². The lowest BCUT2D eigenvalue weighted by atomic mass is 10.1. The maximum Gasteiger partial charge on any atom is 0.387 e. The van der Waals surface area contributed by atoms with Crippen molar-refractivity contribution in [3.05, 3.63) is 54.1 Å². The highest BCUT2D eigenvalue weighted by Crippen LogP contribution is 2.19. The van der Waals surface area contributed by atoms with Crippen molar-refractivity contribution in [1.82, 2.24) is 4.90 Å². The van der Waals surface area contributed by atoms with E-state index in [1.807, 2.05) is 0 Å². The summed E-state index contributed by atoms with van der Waals surface area (Å²) in [5, 5.41) is 2.69. The molecular weight excluding hydrogens is 380 g/mol. The molecule has 152 valence electrons. The molecule has 0 saturated carbocycles. The molecule has 1 atom stereocenters. The number of hydrogen-bond acceptors (Lipinski definition) is 4. The zero-order valence-electron chi connectivity index (χ0n) is 15.2. The normalized spacial score (nSPS) is 12.3. The maximum atomic E-state index is 12.4. The Labute approximate surface area is 159 Å². The molecule has 28 heavy (non-hydrogen) atoms. The Morgan fingerprint density at radius 2 is 1.39 bits per heavy atom. The van der Waals surface area contributed by atoms with Gasteiger partial charge in [0, 0.05) is 12.2 Å². The second-order valence-electron chi connectivity index (χ2n) is 6.01. The smallest absolute Gasteiger partial charge is 0.387 e. The lowest BCUT2D eigenvalue weighted by molar-refractivity contribution is -0.120. The molecule has 2 aromatic rings. The molecule has 2 rings (SSSR count). The molecule has 0 radical (unpaired) electrons. The number of carbonyl (C=O) groups excluding carboxylic acids is 1. The Bertz CT molecular complexity index is 755. The van der Waals surface area contributed by atoms with Crippen molar-refractivity contribution >= 4 is 11.6 Å². The zero-order chi connectivity index (χ0) is 20.7. The van der Waals surface area contributed by atoms with E-state index in [2.05, 4.69) is 14.8 Å². The second-order valence-corrected chi connectivity index (χ2v) is 6.01. The molecule has 0 unspecified atom stereocenters. The van der Waals surface area contributed by atoms with Crippen LogP contribution in [-0.2, 0) is 11.3 Å². The monoisotopic (exact) mass is 400 g/mol. The number of rotatable bonds is 9. The number of alkyl halides is 4. The van der Waals surface area contributed by atoms with Crippen molar-refractivity contribution in [1.29, 1.82) is 0 Å². The summed E-state index contributed by atoms with van der Waals surface area (Å²) in [5.41, 5.74) is 1.26. The molecule has 5 nitrogen and oxygen atoms in total. The van der Waals surface area contributed by atoms with Gasteiger partial charge in [-0.1, -0.05) is 12.1 Å². The summed E-state index contributed by atoms with van der Waals surface area (Å²) in [4.78, 5) is 14.1. The Hall–Kier alpha value is -2.81. The minimum absolute atomic E-state index is 0.00238. The van der Waals surface area contributed by atoms with E-state index in [1.54, 1.807) is 31.0 Å². The van der Waals surface area contributed by atoms with Crippen molar-refractivity contribution in [3.63, 3.8) is 0 Å². The van der Waals surface area contributed by atoms with Crippen LogP contribution in [-0.4, -0.2) is 37.1 Å². The molecule has 1 amide bonds. The first-order valence-corrected chi connectivity index (χ1v) is 8.34. The Morgan fingerprint density at radius 1 is 0.929 bits per heavy atom. The quantitative estimate of drug-likeness (QED) is 0.636. The van der Waals surface area contributed by atoms with E-state index >= 15 is 0 Å². The second kappa shape index (κ2) is 9.93. The molecule has 0 saturated heterocycles. The fourth-order valence-electron chi connectivity index (χ4n) is 2.37. The molecule has 0 aliphatic rings. The SMILES string of the molecule is C[C@H](C(=O)Nc1ccc(OC(F)F)cc1)N(C)Cc1ccc(OC(F)F)cc1. The molecule has 9 heteroatoms. The van der Waals surface area contributed by atoms with Crippen LogP contribution < -0.4 is 14.8 Å². The van der Waals surface area contributed by atoms with Gasteiger partial charge in [0.05, 0.1) is 6.04 Å². The largest absolute Gasteiger partial charge is 0.435 e. The summed E-state index contributed by atoms with van der Waals surface area (Å²) in [6.45, 7) is -3.68. The molecular formula is C19H20F4N2O3. The van der Waals surface area contributed by atoms with E-state index < -0.39 is 19.3 Å². The maximum absolute atomic E-state index is 12.4. The van der Waals surface area contributed by atoms with Crippen LogP contribution in [0.2, 0.25) is 0 Å². The number of ether oxygens (including phenoxy) is 2. The summed E-state index contributed by atoms with van der Waals surface area (Å²) in [6, 6.07) is 11.2. The van der Waals surface area contributed by atoms with Gasteiger partial charge in [0.2, 0.25) is 5.91 Å². The van der Waals surface area contributed by atoms with Crippen LogP contribution in [0.5, 0.6) is 11.5 Å². The number of carbonyl (C=O) groups is 1. The Kier molecular flexibility index (Phi) is 7.62. The number of nitrogens with zero attached hydrogens (tertiary/aromatic N) is 1. The van der Waals surface area contributed by atoms with Gasteiger partial charge >= 0.3 is 13.2 Å².